The van der Waals surface area contributed by atoms with Crippen molar-refractivity contribution < 1.29 is 29.7 Å². The van der Waals surface area contributed by atoms with Crippen molar-refractivity contribution in [2.24, 2.45) is 45.1 Å². The molecule has 4 aliphatic carbocycles. The van der Waals surface area contributed by atoms with Crippen molar-refractivity contribution in [1.29, 1.82) is 0 Å². The molecular formula is C29H46N2O6. The lowest BCUT2D eigenvalue weighted by atomic mass is 9.41. The average Bonchev–Trinajstić information content (AvgIpc) is 3.45. The van der Waals surface area contributed by atoms with E-state index in [1.165, 1.54) is 44.2 Å². The molecule has 8 atom stereocenters. The zero-order valence-electron chi connectivity index (χ0n) is 22.9. The number of aliphatic carboxylic acids is 2. The summed E-state index contributed by atoms with van der Waals surface area (Å²) in [5.74, 6) is 0.572. The molecule has 0 radical (unpaired) electrons. The van der Waals surface area contributed by atoms with Crippen molar-refractivity contribution in [3.63, 3.8) is 0 Å². The second-order valence-electron chi connectivity index (χ2n) is 13.1. The number of aliphatic hydroxyl groups is 1. The maximum absolute atomic E-state index is 10.7. The number of nitrogens with one attached hydrogen (secondary N) is 1. The first kappa shape index (κ1) is 28.1. The normalized spacial score (nSPS) is 43.3. The van der Waals surface area contributed by atoms with E-state index in [1.807, 2.05) is 0 Å². The molecule has 5 aliphatic rings. The minimum absolute atomic E-state index is 0.0669. The highest BCUT2D eigenvalue weighted by Crippen LogP contribution is 2.68. The maximum Gasteiger partial charge on any atom is 0.328 e. The molecule has 0 aromatic carbocycles. The summed E-state index contributed by atoms with van der Waals surface area (Å²) >= 11 is 0. The Kier molecular flexibility index (Phi) is 8.11. The van der Waals surface area contributed by atoms with Gasteiger partial charge >= 0.3 is 11.9 Å². The summed E-state index contributed by atoms with van der Waals surface area (Å²) in [6.07, 6.45) is 12.2. The Morgan fingerprint density at radius 3 is 2.22 bits per heavy atom. The number of carboxylic acid groups (broad SMARTS) is 2. The zero-order valence-corrected chi connectivity index (χ0v) is 22.9. The van der Waals surface area contributed by atoms with E-state index in [-0.39, 0.29) is 23.0 Å². The van der Waals surface area contributed by atoms with E-state index in [0.717, 1.165) is 50.1 Å². The molecule has 4 N–H and O–H groups in total. The Hall–Kier alpha value is -1.93. The molecule has 208 valence electrons. The van der Waals surface area contributed by atoms with Crippen LogP contribution in [0.1, 0.15) is 85.5 Å². The highest BCUT2D eigenvalue weighted by molar-refractivity contribution is 5.90. The van der Waals surface area contributed by atoms with Crippen LogP contribution >= 0.6 is 0 Å². The molecule has 0 bridgehead atoms. The maximum atomic E-state index is 10.7. The van der Waals surface area contributed by atoms with Crippen LogP contribution in [0.4, 0.5) is 0 Å². The van der Waals surface area contributed by atoms with E-state index in [1.54, 1.807) is 0 Å². The van der Waals surface area contributed by atoms with Crippen molar-refractivity contribution in [2.45, 2.75) is 97.7 Å². The average molecular weight is 519 g/mol. The molecule has 1 unspecified atom stereocenters. The fourth-order valence-electron chi connectivity index (χ4n) is 9.05. The number of hydrogen-bond donors (Lipinski definition) is 4. The van der Waals surface area contributed by atoms with Gasteiger partial charge in [-0.25, -0.2) is 9.59 Å². The molecule has 8 heteroatoms. The van der Waals surface area contributed by atoms with Gasteiger partial charge in [0.2, 0.25) is 0 Å². The summed E-state index contributed by atoms with van der Waals surface area (Å²) < 4.78 is 0. The van der Waals surface area contributed by atoms with Crippen molar-refractivity contribution in [1.82, 2.24) is 5.32 Å². The summed E-state index contributed by atoms with van der Waals surface area (Å²) in [6, 6.07) is 0. The summed E-state index contributed by atoms with van der Waals surface area (Å²) in [7, 11) is 0. The third-order valence-corrected chi connectivity index (χ3v) is 11.0. The van der Waals surface area contributed by atoms with Gasteiger partial charge in [0.15, 0.2) is 0 Å². The lowest BCUT2D eigenvalue weighted by Crippen LogP contribution is -2.58. The van der Waals surface area contributed by atoms with Crippen LogP contribution in [0.5, 0.6) is 0 Å². The number of rotatable bonds is 4. The highest BCUT2D eigenvalue weighted by Gasteiger charge is 2.62. The Labute approximate surface area is 220 Å². The molecular weight excluding hydrogens is 472 g/mol. The highest BCUT2D eigenvalue weighted by atomic mass is 16.6. The van der Waals surface area contributed by atoms with E-state index in [4.69, 9.17) is 20.2 Å². The Morgan fingerprint density at radius 2 is 1.59 bits per heavy atom. The number of hydrogen-bond acceptors (Lipinski definition) is 6. The molecule has 5 rings (SSSR count). The summed E-state index contributed by atoms with van der Waals surface area (Å²) in [4.78, 5) is 25.1. The van der Waals surface area contributed by atoms with Gasteiger partial charge in [0.25, 0.3) is 0 Å². The van der Waals surface area contributed by atoms with E-state index >= 15 is 0 Å². The van der Waals surface area contributed by atoms with Gasteiger partial charge in [-0.15, -0.1) is 0 Å². The molecule has 1 aliphatic heterocycles. The van der Waals surface area contributed by atoms with Gasteiger partial charge in [-0.3, -0.25) is 0 Å². The van der Waals surface area contributed by atoms with Crippen molar-refractivity contribution in [3.05, 3.63) is 12.2 Å². The summed E-state index contributed by atoms with van der Waals surface area (Å²) in [5.41, 5.74) is 2.03. The Balaban J connectivity index is 0.000000349. The third-order valence-electron chi connectivity index (χ3n) is 11.0. The van der Waals surface area contributed by atoms with Crippen molar-refractivity contribution in [2.75, 3.05) is 13.1 Å². The van der Waals surface area contributed by atoms with Crippen LogP contribution in [0.25, 0.3) is 0 Å². The molecule has 0 aromatic heterocycles. The quantitative estimate of drug-likeness (QED) is 0.319. The smallest absolute Gasteiger partial charge is 0.328 e. The van der Waals surface area contributed by atoms with Gasteiger partial charge in [0.05, 0.1) is 11.8 Å². The lowest BCUT2D eigenvalue weighted by molar-refractivity contribution is -0.134. The van der Waals surface area contributed by atoms with Gasteiger partial charge in [-0.05, 0) is 92.4 Å². The minimum atomic E-state index is -1.26. The molecule has 5 fully saturated rings. The van der Waals surface area contributed by atoms with Gasteiger partial charge in [0, 0.05) is 30.5 Å². The molecule has 8 nitrogen and oxygen atoms in total. The second kappa shape index (κ2) is 10.7. The monoisotopic (exact) mass is 518 g/mol. The predicted molar refractivity (Wildman–Crippen MR) is 141 cm³/mol. The van der Waals surface area contributed by atoms with Crippen LogP contribution in [0.2, 0.25) is 0 Å². The number of carboxylic acids is 2. The third kappa shape index (κ3) is 5.33. The van der Waals surface area contributed by atoms with Crippen LogP contribution < -0.4 is 5.32 Å². The zero-order chi connectivity index (χ0) is 27.0. The predicted octanol–water partition coefficient (Wildman–Crippen LogP) is 4.47. The van der Waals surface area contributed by atoms with E-state index in [9.17, 15) is 14.7 Å². The van der Waals surface area contributed by atoms with Gasteiger partial charge < -0.3 is 25.5 Å². The number of nitrogens with zero attached hydrogens (tertiary/aromatic N) is 1. The van der Waals surface area contributed by atoms with Gasteiger partial charge in [0.1, 0.15) is 6.10 Å². The molecule has 0 aromatic rings. The van der Waals surface area contributed by atoms with E-state index in [0.29, 0.717) is 23.5 Å². The number of oxime groups is 1. The molecule has 37 heavy (non-hydrogen) atoms. The number of carbonyl (C=O) groups is 2. The SMILES string of the molecule is CC1(C)/C(=N/O[C@@H]2CCNC2)CC[C@@]2(C)C1CC[C@H]1[C@@H]3CC[C@H](O)[C@@]3(C)CC[C@@H]12.O=C(O)/C=C/C(=O)O. The summed E-state index contributed by atoms with van der Waals surface area (Å²) in [5, 5.41) is 34.5. The summed E-state index contributed by atoms with van der Waals surface area (Å²) in [6.45, 7) is 11.9. The van der Waals surface area contributed by atoms with Crippen LogP contribution in [0.15, 0.2) is 17.3 Å². The number of fused-ring (bicyclic) bond motifs is 5. The van der Waals surface area contributed by atoms with Gasteiger partial charge in [-0.1, -0.05) is 32.9 Å². The first-order valence-electron chi connectivity index (χ1n) is 14.2. The van der Waals surface area contributed by atoms with Crippen LogP contribution in [-0.2, 0) is 14.4 Å². The molecule has 0 spiro atoms. The van der Waals surface area contributed by atoms with Crippen LogP contribution in [0, 0.1) is 39.9 Å². The molecule has 1 saturated heterocycles. The topological polar surface area (TPSA) is 128 Å². The largest absolute Gasteiger partial charge is 0.478 e. The van der Waals surface area contributed by atoms with Crippen LogP contribution in [0.3, 0.4) is 0 Å². The minimum Gasteiger partial charge on any atom is -0.478 e. The second-order valence-corrected chi connectivity index (χ2v) is 13.1. The first-order valence-corrected chi connectivity index (χ1v) is 14.2. The number of aliphatic hydroxyl groups excluding tert-OH is 1. The lowest BCUT2D eigenvalue weighted by Gasteiger charge is -2.63. The van der Waals surface area contributed by atoms with Crippen molar-refractivity contribution in [3.8, 4) is 0 Å². The van der Waals surface area contributed by atoms with E-state index < -0.39 is 11.9 Å². The van der Waals surface area contributed by atoms with Gasteiger partial charge in [-0.2, -0.15) is 0 Å². The fraction of sp³-hybridized carbons (Fsp3) is 0.828. The first-order chi connectivity index (χ1) is 17.4. The fourth-order valence-corrected chi connectivity index (χ4v) is 9.05. The standard InChI is InChI=1S/C25H42N2O2.C4H4O4/c1-23(2)20-7-5-17-18-6-8-22(28)25(18,4)12-9-19(17)24(20,3)13-10-21(23)27-29-16-11-14-26-15-16;5-3(6)1-2-4(7)8/h16-20,22,26,28H,5-15H2,1-4H3;1-2H,(H,5,6)(H,7,8)/b27-21+;2-1+/t16-,17+,18+,19+,20?,22+,24-,25+;/m1./s1. The molecule has 1 heterocycles. The van der Waals surface area contributed by atoms with Crippen LogP contribution in [-0.4, -0.2) is 58.3 Å². The Bertz CT molecular complexity index is 909. The van der Waals surface area contributed by atoms with E-state index in [2.05, 4.69) is 33.0 Å². The molecule has 4 saturated carbocycles. The van der Waals surface area contributed by atoms with Crippen molar-refractivity contribution >= 4 is 17.7 Å². The Morgan fingerprint density at radius 1 is 0.919 bits per heavy atom. The molecule has 0 amide bonds.